The third-order valence-electron chi connectivity index (χ3n) is 2.77. The summed E-state index contributed by atoms with van der Waals surface area (Å²) in [7, 11) is 3.51. The van der Waals surface area contributed by atoms with Crippen molar-refractivity contribution in [3.63, 3.8) is 0 Å². The van der Waals surface area contributed by atoms with Crippen molar-refractivity contribution in [3.05, 3.63) is 0 Å². The third kappa shape index (κ3) is 5.09. The number of nitrogens with one attached hydrogen (secondary N) is 1. The summed E-state index contributed by atoms with van der Waals surface area (Å²) in [5, 5.41) is 2.98. The molecule has 0 spiro atoms. The van der Waals surface area contributed by atoms with Gasteiger partial charge in [0.05, 0.1) is 28.9 Å². The van der Waals surface area contributed by atoms with Crippen molar-refractivity contribution < 1.29 is 9.59 Å². The quantitative estimate of drug-likeness (QED) is 0.595. The fraction of sp³-hybridized carbons (Fsp3) is 0.833. The van der Waals surface area contributed by atoms with Crippen molar-refractivity contribution in [2.24, 2.45) is 5.41 Å². The van der Waals surface area contributed by atoms with Crippen LogP contribution in [0, 0.1) is 5.41 Å². The minimum absolute atomic E-state index is 0.0665. The molecule has 0 saturated heterocycles. The first kappa shape index (κ1) is 17.6. The molecule has 1 atom stereocenters. The molecule has 0 aromatic carbocycles. The van der Waals surface area contributed by atoms with E-state index < -0.39 is 11.5 Å². The third-order valence-corrected chi connectivity index (χ3v) is 3.66. The van der Waals surface area contributed by atoms with Crippen LogP contribution >= 0.6 is 22.9 Å². The summed E-state index contributed by atoms with van der Waals surface area (Å²) >= 11 is 1.97. The van der Waals surface area contributed by atoms with Gasteiger partial charge in [-0.15, -0.1) is 0 Å². The lowest BCUT2D eigenvalue weighted by Crippen LogP contribution is -2.48. The van der Waals surface area contributed by atoms with Gasteiger partial charge in [-0.3, -0.25) is 7.91 Å². The predicted molar refractivity (Wildman–Crippen MR) is 81.7 cm³/mol. The molecule has 0 radical (unpaired) electrons. The second-order valence-electron chi connectivity index (χ2n) is 5.37. The second-order valence-corrected chi connectivity index (χ2v) is 6.54. The first-order chi connectivity index (χ1) is 8.12. The standard InChI is InChI=1S/C12H24IN3O2/c1-9(10(17)12(2,3)4)15(6)11(18)16(13)8-7-14-5/h9,14H,7-8H2,1-6H3. The van der Waals surface area contributed by atoms with Gasteiger partial charge in [-0.25, -0.2) is 4.79 Å². The first-order valence-electron chi connectivity index (χ1n) is 6.02. The van der Waals surface area contributed by atoms with Crippen molar-refractivity contribution in [3.8, 4) is 0 Å². The first-order valence-corrected chi connectivity index (χ1v) is 6.98. The number of carbonyl (C=O) groups excluding carboxylic acids is 2. The van der Waals surface area contributed by atoms with E-state index in [1.54, 1.807) is 17.1 Å². The van der Waals surface area contributed by atoms with Crippen molar-refractivity contribution in [1.82, 2.24) is 13.3 Å². The molecule has 0 saturated carbocycles. The molecule has 0 aliphatic carbocycles. The van der Waals surface area contributed by atoms with E-state index in [0.717, 1.165) is 6.54 Å². The molecule has 6 heteroatoms. The number of carbonyl (C=O) groups is 2. The van der Waals surface area contributed by atoms with Crippen LogP contribution in [-0.2, 0) is 4.79 Å². The Morgan fingerprint density at radius 2 is 1.83 bits per heavy atom. The zero-order chi connectivity index (χ0) is 14.5. The van der Waals surface area contributed by atoms with Gasteiger partial charge >= 0.3 is 6.03 Å². The van der Waals surface area contributed by atoms with Gasteiger partial charge in [-0.1, -0.05) is 20.8 Å². The zero-order valence-electron chi connectivity index (χ0n) is 12.1. The van der Waals surface area contributed by atoms with Crippen LogP contribution in [0.25, 0.3) is 0 Å². The molecule has 106 valence electrons. The molecule has 0 aliphatic heterocycles. The Kier molecular flexibility index (Phi) is 7.13. The monoisotopic (exact) mass is 369 g/mol. The van der Waals surface area contributed by atoms with Crippen LogP contribution in [0.2, 0.25) is 0 Å². The van der Waals surface area contributed by atoms with Gasteiger partial charge in [-0.2, -0.15) is 0 Å². The normalized spacial score (nSPS) is 13.1. The van der Waals surface area contributed by atoms with Crippen LogP contribution in [0.5, 0.6) is 0 Å². The van der Waals surface area contributed by atoms with E-state index in [4.69, 9.17) is 0 Å². The maximum absolute atomic E-state index is 12.1. The number of hydrogen-bond acceptors (Lipinski definition) is 3. The molecular weight excluding hydrogens is 345 g/mol. The summed E-state index contributed by atoms with van der Waals surface area (Å²) in [4.78, 5) is 25.7. The lowest BCUT2D eigenvalue weighted by atomic mass is 9.86. The van der Waals surface area contributed by atoms with Gasteiger partial charge < -0.3 is 10.2 Å². The van der Waals surface area contributed by atoms with Gasteiger partial charge in [0.2, 0.25) is 0 Å². The summed E-state index contributed by atoms with van der Waals surface area (Å²) in [5.41, 5.74) is -0.435. The molecule has 0 rings (SSSR count). The fourth-order valence-electron chi connectivity index (χ4n) is 1.44. The number of Topliss-reactive ketones (excluding diaryl/α,β-unsaturated/α-hetero) is 1. The van der Waals surface area contributed by atoms with Crippen molar-refractivity contribution in [2.45, 2.75) is 33.7 Å². The molecule has 0 aliphatic rings. The topological polar surface area (TPSA) is 52.7 Å². The van der Waals surface area contributed by atoms with Crippen molar-refractivity contribution in [2.75, 3.05) is 27.2 Å². The van der Waals surface area contributed by atoms with E-state index in [1.165, 1.54) is 4.90 Å². The van der Waals surface area contributed by atoms with Gasteiger partial charge in [0.1, 0.15) is 0 Å². The zero-order valence-corrected chi connectivity index (χ0v) is 14.2. The van der Waals surface area contributed by atoms with Gasteiger partial charge in [0.15, 0.2) is 5.78 Å². The summed E-state index contributed by atoms with van der Waals surface area (Å²) < 4.78 is 1.58. The smallest absolute Gasteiger partial charge is 0.318 e. The average molecular weight is 369 g/mol. The predicted octanol–water partition coefficient (Wildman–Crippen LogP) is 1.91. The molecule has 2 amide bonds. The van der Waals surface area contributed by atoms with Crippen LogP contribution in [0.1, 0.15) is 27.7 Å². The number of nitrogens with zero attached hydrogens (tertiary/aromatic N) is 2. The number of halogens is 1. The van der Waals surface area contributed by atoms with E-state index in [0.29, 0.717) is 6.54 Å². The highest BCUT2D eigenvalue weighted by Crippen LogP contribution is 2.20. The second kappa shape index (κ2) is 7.28. The molecule has 5 nitrogen and oxygen atoms in total. The van der Waals surface area contributed by atoms with Crippen molar-refractivity contribution in [1.29, 1.82) is 0 Å². The van der Waals surface area contributed by atoms with Gasteiger partial charge in [0.25, 0.3) is 0 Å². The van der Waals surface area contributed by atoms with E-state index in [2.05, 4.69) is 5.32 Å². The Morgan fingerprint density at radius 3 is 2.22 bits per heavy atom. The molecule has 0 fully saturated rings. The minimum atomic E-state index is -0.435. The Morgan fingerprint density at radius 1 is 1.33 bits per heavy atom. The molecular formula is C12H24IN3O2. The minimum Gasteiger partial charge on any atom is -0.318 e. The molecule has 1 unspecified atom stereocenters. The fourth-order valence-corrected chi connectivity index (χ4v) is 2.03. The van der Waals surface area contributed by atoms with Crippen LogP contribution in [-0.4, -0.2) is 53.1 Å². The number of hydrogen-bond donors (Lipinski definition) is 1. The molecule has 0 aromatic heterocycles. The van der Waals surface area contributed by atoms with Crippen molar-refractivity contribution >= 4 is 34.7 Å². The largest absolute Gasteiger partial charge is 0.329 e. The SMILES string of the molecule is CNCCN(I)C(=O)N(C)C(C)C(=O)C(C)(C)C. The summed E-state index contributed by atoms with van der Waals surface area (Å²) in [6.07, 6.45) is 0. The number of amides is 2. The van der Waals surface area contributed by atoms with E-state index in [9.17, 15) is 9.59 Å². The number of urea groups is 1. The summed E-state index contributed by atoms with van der Waals surface area (Å²) in [6, 6.07) is -0.555. The number of likely N-dealkylation sites (N-methyl/N-ethyl adjacent to an activating group) is 2. The van der Waals surface area contributed by atoms with Crippen LogP contribution < -0.4 is 5.32 Å². The van der Waals surface area contributed by atoms with Crippen LogP contribution in [0.3, 0.4) is 0 Å². The summed E-state index contributed by atoms with van der Waals surface area (Å²) in [5.74, 6) is 0.0665. The molecule has 18 heavy (non-hydrogen) atoms. The van der Waals surface area contributed by atoms with E-state index >= 15 is 0 Å². The molecule has 0 bridgehead atoms. The highest BCUT2D eigenvalue weighted by atomic mass is 127. The van der Waals surface area contributed by atoms with E-state index in [1.807, 2.05) is 50.7 Å². The molecule has 0 heterocycles. The lowest BCUT2D eigenvalue weighted by Gasteiger charge is -2.31. The maximum Gasteiger partial charge on any atom is 0.329 e. The Labute approximate surface area is 124 Å². The highest BCUT2D eigenvalue weighted by Gasteiger charge is 2.32. The summed E-state index contributed by atoms with van der Waals surface area (Å²) in [6.45, 7) is 8.71. The van der Waals surface area contributed by atoms with E-state index in [-0.39, 0.29) is 11.8 Å². The Balaban J connectivity index is 4.59. The Hall–Kier alpha value is -0.370. The maximum atomic E-state index is 12.1. The van der Waals surface area contributed by atoms with Crippen LogP contribution in [0.4, 0.5) is 4.79 Å². The molecule has 1 N–H and O–H groups in total. The van der Waals surface area contributed by atoms with Crippen LogP contribution in [0.15, 0.2) is 0 Å². The Bertz CT molecular complexity index is 302. The van der Waals surface area contributed by atoms with Gasteiger partial charge in [-0.05, 0) is 14.0 Å². The molecule has 0 aromatic rings. The van der Waals surface area contributed by atoms with Gasteiger partial charge in [0, 0.05) is 25.6 Å². The number of ketones is 1. The average Bonchev–Trinajstić information content (AvgIpc) is 2.30. The lowest BCUT2D eigenvalue weighted by molar-refractivity contribution is -0.130. The number of rotatable bonds is 5. The highest BCUT2D eigenvalue weighted by molar-refractivity contribution is 14.1.